The maximum Gasteiger partial charge on any atom is 0.246 e. The molecule has 1 aromatic heterocycles. The number of carbonyl (C=O) groups excluding carboxylic acids is 1. The topological polar surface area (TPSA) is 85.2 Å². The summed E-state index contributed by atoms with van der Waals surface area (Å²) in [6, 6.07) is 7.76. The number of carbonyl (C=O) groups is 1. The highest BCUT2D eigenvalue weighted by Crippen LogP contribution is 2.18. The summed E-state index contributed by atoms with van der Waals surface area (Å²) < 4.78 is 5.32. The molecule has 1 aromatic carbocycles. The van der Waals surface area contributed by atoms with Crippen LogP contribution in [0, 0.1) is 0 Å². The minimum Gasteiger partial charge on any atom is -0.337 e. The first-order valence-electron chi connectivity index (χ1n) is 8.16. The van der Waals surface area contributed by atoms with Gasteiger partial charge >= 0.3 is 0 Å². The summed E-state index contributed by atoms with van der Waals surface area (Å²) in [5, 5.41) is 4.02. The summed E-state index contributed by atoms with van der Waals surface area (Å²) in [6.45, 7) is 1.67. The zero-order chi connectivity index (χ0) is 16.1. The van der Waals surface area contributed by atoms with E-state index in [1.807, 2.05) is 29.2 Å². The molecule has 0 radical (unpaired) electrons. The van der Waals surface area contributed by atoms with Gasteiger partial charge in [0.25, 0.3) is 0 Å². The smallest absolute Gasteiger partial charge is 0.246 e. The molecule has 3 rings (SSSR count). The number of rotatable bonds is 4. The number of benzene rings is 1. The molecule has 1 fully saturated rings. The van der Waals surface area contributed by atoms with E-state index in [4.69, 9.17) is 10.3 Å². The Bertz CT molecular complexity index is 651. The largest absolute Gasteiger partial charge is 0.337 e. The molecule has 0 unspecified atom stereocenters. The third kappa shape index (κ3) is 3.96. The van der Waals surface area contributed by atoms with E-state index >= 15 is 0 Å². The third-order valence-electron chi connectivity index (χ3n) is 4.16. The summed E-state index contributed by atoms with van der Waals surface area (Å²) in [5.41, 5.74) is 7.54. The van der Waals surface area contributed by atoms with Crippen LogP contribution in [0.2, 0.25) is 0 Å². The molecule has 2 aromatic rings. The first-order valence-corrected chi connectivity index (χ1v) is 8.16. The molecule has 23 heavy (non-hydrogen) atoms. The van der Waals surface area contributed by atoms with Crippen molar-refractivity contribution in [2.75, 3.05) is 6.54 Å². The van der Waals surface area contributed by atoms with Crippen molar-refractivity contribution in [2.45, 2.75) is 45.2 Å². The average molecular weight is 314 g/mol. The van der Waals surface area contributed by atoms with E-state index < -0.39 is 0 Å². The Morgan fingerprint density at radius 1 is 1.13 bits per heavy atom. The van der Waals surface area contributed by atoms with Gasteiger partial charge in [-0.25, -0.2) is 0 Å². The van der Waals surface area contributed by atoms with Gasteiger partial charge in [-0.1, -0.05) is 42.3 Å². The second-order valence-corrected chi connectivity index (χ2v) is 5.89. The second-order valence-electron chi connectivity index (χ2n) is 5.89. The lowest BCUT2D eigenvalue weighted by Gasteiger charge is -2.22. The Morgan fingerprint density at radius 3 is 2.70 bits per heavy atom. The van der Waals surface area contributed by atoms with Gasteiger partial charge in [-0.2, -0.15) is 4.98 Å². The Morgan fingerprint density at radius 2 is 1.91 bits per heavy atom. The third-order valence-corrected chi connectivity index (χ3v) is 4.16. The fraction of sp³-hybridized carbons (Fsp3) is 0.471. The lowest BCUT2D eigenvalue weighted by Crippen LogP contribution is -2.32. The minimum absolute atomic E-state index is 0.178. The summed E-state index contributed by atoms with van der Waals surface area (Å²) in [4.78, 5) is 18.4. The lowest BCUT2D eigenvalue weighted by atomic mass is 10.1. The monoisotopic (exact) mass is 314 g/mol. The van der Waals surface area contributed by atoms with Crippen molar-refractivity contribution >= 4 is 5.91 Å². The van der Waals surface area contributed by atoms with Crippen molar-refractivity contribution in [3.05, 3.63) is 35.7 Å². The van der Waals surface area contributed by atoms with E-state index in [-0.39, 0.29) is 5.91 Å². The average Bonchev–Trinajstić information content (AvgIpc) is 3.03. The van der Waals surface area contributed by atoms with E-state index in [9.17, 15) is 4.79 Å². The molecule has 1 aliphatic rings. The fourth-order valence-electron chi connectivity index (χ4n) is 2.77. The van der Waals surface area contributed by atoms with Gasteiger partial charge in [-0.05, 0) is 18.4 Å². The van der Waals surface area contributed by atoms with E-state index in [1.54, 1.807) is 0 Å². The minimum atomic E-state index is 0.178. The van der Waals surface area contributed by atoms with Crippen molar-refractivity contribution in [1.82, 2.24) is 15.0 Å². The van der Waals surface area contributed by atoms with E-state index in [0.29, 0.717) is 31.2 Å². The molecular formula is C17H22N4O2. The highest BCUT2D eigenvalue weighted by atomic mass is 16.5. The summed E-state index contributed by atoms with van der Waals surface area (Å²) in [6.07, 6.45) is 4.93. The van der Waals surface area contributed by atoms with Crippen LogP contribution in [0.1, 0.15) is 43.6 Å². The molecule has 1 saturated heterocycles. The van der Waals surface area contributed by atoms with Gasteiger partial charge in [0, 0.05) is 25.1 Å². The maximum absolute atomic E-state index is 12.1. The highest BCUT2D eigenvalue weighted by molar-refractivity contribution is 5.76. The zero-order valence-electron chi connectivity index (χ0n) is 13.2. The van der Waals surface area contributed by atoms with Crippen molar-refractivity contribution in [3.63, 3.8) is 0 Å². The molecule has 0 atom stereocenters. The first kappa shape index (κ1) is 15.7. The molecule has 0 saturated carbocycles. The highest BCUT2D eigenvalue weighted by Gasteiger charge is 2.19. The number of aromatic nitrogens is 2. The van der Waals surface area contributed by atoms with Gasteiger partial charge < -0.3 is 15.2 Å². The Balaban J connectivity index is 1.69. The Kier molecular flexibility index (Phi) is 5.02. The quantitative estimate of drug-likeness (QED) is 0.937. The molecule has 122 valence electrons. The Labute approximate surface area is 135 Å². The molecule has 2 heterocycles. The van der Waals surface area contributed by atoms with Gasteiger partial charge in [0.05, 0.1) is 6.54 Å². The van der Waals surface area contributed by atoms with Crippen LogP contribution in [-0.4, -0.2) is 27.5 Å². The SMILES string of the molecule is NCc1ccc(-c2noc(CN3CCCCCCC3=O)n2)cc1. The number of amides is 1. The van der Waals surface area contributed by atoms with Crippen molar-refractivity contribution in [2.24, 2.45) is 5.73 Å². The molecule has 6 heteroatoms. The summed E-state index contributed by atoms with van der Waals surface area (Å²) >= 11 is 0. The van der Waals surface area contributed by atoms with Gasteiger partial charge in [0.15, 0.2) is 0 Å². The van der Waals surface area contributed by atoms with Crippen LogP contribution >= 0.6 is 0 Å². The molecule has 0 aliphatic carbocycles. The molecule has 6 nitrogen and oxygen atoms in total. The van der Waals surface area contributed by atoms with Crippen LogP contribution in [0.3, 0.4) is 0 Å². The molecule has 1 amide bonds. The van der Waals surface area contributed by atoms with Crippen molar-refractivity contribution < 1.29 is 9.32 Å². The van der Waals surface area contributed by atoms with Crippen molar-refractivity contribution in [1.29, 1.82) is 0 Å². The van der Waals surface area contributed by atoms with Crippen LogP contribution in [-0.2, 0) is 17.9 Å². The van der Waals surface area contributed by atoms with Gasteiger partial charge in [-0.3, -0.25) is 4.79 Å². The standard InChI is InChI=1S/C17H22N4O2/c18-11-13-6-8-14(9-7-13)17-19-15(23-20-17)12-21-10-4-2-1-3-5-16(21)22/h6-9H,1-5,10-12,18H2. The van der Waals surface area contributed by atoms with Crippen LogP contribution in [0.5, 0.6) is 0 Å². The molecular weight excluding hydrogens is 292 g/mol. The van der Waals surface area contributed by atoms with E-state index in [2.05, 4.69) is 10.1 Å². The second kappa shape index (κ2) is 7.37. The Hall–Kier alpha value is -2.21. The molecule has 0 spiro atoms. The van der Waals surface area contributed by atoms with Gasteiger partial charge in [-0.15, -0.1) is 0 Å². The fourth-order valence-corrected chi connectivity index (χ4v) is 2.77. The predicted molar refractivity (Wildman–Crippen MR) is 86.1 cm³/mol. The predicted octanol–water partition coefficient (Wildman–Crippen LogP) is 2.49. The molecule has 0 bridgehead atoms. The molecule has 2 N–H and O–H groups in total. The van der Waals surface area contributed by atoms with E-state index in [1.165, 1.54) is 6.42 Å². The van der Waals surface area contributed by atoms with Crippen LogP contribution in [0.4, 0.5) is 0 Å². The van der Waals surface area contributed by atoms with Crippen molar-refractivity contribution in [3.8, 4) is 11.4 Å². The van der Waals surface area contributed by atoms with E-state index in [0.717, 1.165) is 36.9 Å². The number of likely N-dealkylation sites (tertiary alicyclic amines) is 1. The number of hydrogen-bond acceptors (Lipinski definition) is 5. The van der Waals surface area contributed by atoms with Crippen LogP contribution < -0.4 is 5.73 Å². The molecule has 1 aliphatic heterocycles. The van der Waals surface area contributed by atoms with Crippen LogP contribution in [0.25, 0.3) is 11.4 Å². The number of nitrogens with two attached hydrogens (primary N) is 1. The van der Waals surface area contributed by atoms with Gasteiger partial charge in [0.2, 0.25) is 17.6 Å². The first-order chi connectivity index (χ1) is 11.3. The lowest BCUT2D eigenvalue weighted by molar-refractivity contribution is -0.132. The maximum atomic E-state index is 12.1. The normalized spacial score (nSPS) is 16.2. The van der Waals surface area contributed by atoms with Gasteiger partial charge in [0.1, 0.15) is 0 Å². The van der Waals surface area contributed by atoms with Crippen LogP contribution in [0.15, 0.2) is 28.8 Å². The summed E-state index contributed by atoms with van der Waals surface area (Å²) in [7, 11) is 0. The zero-order valence-corrected chi connectivity index (χ0v) is 13.2. The number of nitrogens with zero attached hydrogens (tertiary/aromatic N) is 3. The number of hydrogen-bond donors (Lipinski definition) is 1. The summed E-state index contributed by atoms with van der Waals surface area (Å²) in [5.74, 6) is 1.21.